The van der Waals surface area contributed by atoms with Gasteiger partial charge in [0.15, 0.2) is 0 Å². The van der Waals surface area contributed by atoms with E-state index < -0.39 is 0 Å². The molecule has 74 valence electrons. The van der Waals surface area contributed by atoms with Crippen LogP contribution in [0.2, 0.25) is 0 Å². The van der Waals surface area contributed by atoms with Crippen molar-refractivity contribution in [2.75, 3.05) is 34.4 Å². The summed E-state index contributed by atoms with van der Waals surface area (Å²) < 4.78 is 5.14. The summed E-state index contributed by atoms with van der Waals surface area (Å²) in [5.41, 5.74) is 0.526. The Labute approximate surface area is 76.9 Å². The first kappa shape index (κ1) is 11.9. The van der Waals surface area contributed by atoms with Crippen LogP contribution < -0.4 is 0 Å². The molecule has 0 spiro atoms. The molecule has 0 aromatic heterocycles. The van der Waals surface area contributed by atoms with E-state index in [0.717, 1.165) is 6.61 Å². The first-order chi connectivity index (χ1) is 5.68. The Morgan fingerprint density at radius 2 is 1.75 bits per heavy atom. The van der Waals surface area contributed by atoms with Crippen molar-refractivity contribution in [3.63, 3.8) is 0 Å². The van der Waals surface area contributed by atoms with Gasteiger partial charge < -0.3 is 9.64 Å². The lowest BCUT2D eigenvalue weighted by molar-refractivity contribution is 0.122. The number of methoxy groups -OCH3 is 1. The van der Waals surface area contributed by atoms with Gasteiger partial charge in [0.1, 0.15) is 0 Å². The Bertz CT molecular complexity index is 108. The first-order valence-corrected chi connectivity index (χ1v) is 4.82. The van der Waals surface area contributed by atoms with Crippen LogP contribution in [0.5, 0.6) is 0 Å². The molecule has 1 aliphatic carbocycles. The Hall–Kier alpha value is -0.0800. The Balaban J connectivity index is 0.000000561. The van der Waals surface area contributed by atoms with Crippen molar-refractivity contribution in [2.24, 2.45) is 5.41 Å². The van der Waals surface area contributed by atoms with E-state index in [4.69, 9.17) is 4.74 Å². The van der Waals surface area contributed by atoms with Gasteiger partial charge in [0, 0.05) is 19.1 Å². The molecule has 0 N–H and O–H groups in total. The molecule has 1 fully saturated rings. The molecule has 0 atom stereocenters. The smallest absolute Gasteiger partial charge is 0.0530 e. The molecule has 0 unspecified atom stereocenters. The van der Waals surface area contributed by atoms with Crippen LogP contribution in [0.4, 0.5) is 0 Å². The molecule has 2 nitrogen and oxygen atoms in total. The Morgan fingerprint density at radius 1 is 1.25 bits per heavy atom. The molecule has 1 aliphatic rings. The molecular formula is C10H23NO. The van der Waals surface area contributed by atoms with E-state index in [1.54, 1.807) is 7.11 Å². The highest BCUT2D eigenvalue weighted by atomic mass is 16.5. The molecule has 12 heavy (non-hydrogen) atoms. The van der Waals surface area contributed by atoms with E-state index in [2.05, 4.69) is 19.0 Å². The van der Waals surface area contributed by atoms with E-state index >= 15 is 0 Å². The first-order valence-electron chi connectivity index (χ1n) is 4.82. The molecule has 0 bridgehead atoms. The van der Waals surface area contributed by atoms with Crippen molar-refractivity contribution in [1.82, 2.24) is 4.90 Å². The highest BCUT2D eigenvalue weighted by molar-refractivity contribution is 4.94. The Morgan fingerprint density at radius 3 is 2.00 bits per heavy atom. The van der Waals surface area contributed by atoms with Crippen LogP contribution in [0.1, 0.15) is 26.7 Å². The van der Waals surface area contributed by atoms with E-state index in [0.29, 0.717) is 5.41 Å². The minimum absolute atomic E-state index is 0.526. The zero-order valence-electron chi connectivity index (χ0n) is 9.18. The molecule has 0 aromatic rings. The number of hydrogen-bond donors (Lipinski definition) is 0. The third-order valence-electron chi connectivity index (χ3n) is 2.06. The van der Waals surface area contributed by atoms with Crippen molar-refractivity contribution in [1.29, 1.82) is 0 Å². The van der Waals surface area contributed by atoms with Crippen molar-refractivity contribution < 1.29 is 4.74 Å². The summed E-state index contributed by atoms with van der Waals surface area (Å²) in [6.07, 6.45) is 2.69. The molecule has 0 aromatic carbocycles. The number of hydrogen-bond acceptors (Lipinski definition) is 2. The fourth-order valence-corrected chi connectivity index (χ4v) is 1.50. The van der Waals surface area contributed by atoms with Crippen molar-refractivity contribution in [2.45, 2.75) is 26.7 Å². The third kappa shape index (κ3) is 4.07. The molecule has 1 saturated carbocycles. The van der Waals surface area contributed by atoms with Crippen molar-refractivity contribution >= 4 is 0 Å². The highest BCUT2D eigenvalue weighted by Crippen LogP contribution is 2.45. The quantitative estimate of drug-likeness (QED) is 0.644. The summed E-state index contributed by atoms with van der Waals surface area (Å²) in [7, 11) is 6.03. The molecule has 0 saturated heterocycles. The predicted molar refractivity (Wildman–Crippen MR) is 53.4 cm³/mol. The lowest BCUT2D eigenvalue weighted by Gasteiger charge is -2.18. The maximum Gasteiger partial charge on any atom is 0.0530 e. The zero-order chi connectivity index (χ0) is 9.61. The summed E-state index contributed by atoms with van der Waals surface area (Å²) >= 11 is 0. The van der Waals surface area contributed by atoms with Gasteiger partial charge in [0.05, 0.1) is 6.61 Å². The van der Waals surface area contributed by atoms with Gasteiger partial charge in [-0.1, -0.05) is 13.8 Å². The monoisotopic (exact) mass is 173 g/mol. The molecule has 0 radical (unpaired) electrons. The SMILES string of the molecule is CC.COCC1(CN(C)C)CC1. The number of nitrogens with zero attached hydrogens (tertiary/aromatic N) is 1. The van der Waals surface area contributed by atoms with Gasteiger partial charge in [-0.15, -0.1) is 0 Å². The Kier molecular flexibility index (Phi) is 5.51. The summed E-state index contributed by atoms with van der Waals surface area (Å²) in [6, 6.07) is 0. The normalized spacial score (nSPS) is 18.5. The van der Waals surface area contributed by atoms with Gasteiger partial charge in [0.2, 0.25) is 0 Å². The second-order valence-electron chi connectivity index (χ2n) is 3.67. The fourth-order valence-electron chi connectivity index (χ4n) is 1.50. The van der Waals surface area contributed by atoms with Gasteiger partial charge in [-0.05, 0) is 26.9 Å². The average Bonchev–Trinajstić information content (AvgIpc) is 2.73. The molecule has 0 aliphatic heterocycles. The molecule has 1 rings (SSSR count). The van der Waals surface area contributed by atoms with E-state index in [1.807, 2.05) is 13.8 Å². The number of ether oxygens (including phenoxy) is 1. The van der Waals surface area contributed by atoms with Crippen molar-refractivity contribution in [3.05, 3.63) is 0 Å². The number of rotatable bonds is 4. The molecule has 0 amide bonds. The van der Waals surface area contributed by atoms with Crippen LogP contribution in [0.3, 0.4) is 0 Å². The van der Waals surface area contributed by atoms with Crippen LogP contribution in [-0.4, -0.2) is 39.3 Å². The van der Waals surface area contributed by atoms with Crippen LogP contribution in [-0.2, 0) is 4.74 Å². The minimum Gasteiger partial charge on any atom is -0.384 e. The summed E-state index contributed by atoms with van der Waals surface area (Å²) in [4.78, 5) is 2.24. The summed E-state index contributed by atoms with van der Waals surface area (Å²) in [5.74, 6) is 0. The molecular weight excluding hydrogens is 150 g/mol. The third-order valence-corrected chi connectivity index (χ3v) is 2.06. The van der Waals surface area contributed by atoms with E-state index in [9.17, 15) is 0 Å². The van der Waals surface area contributed by atoms with Crippen LogP contribution in [0, 0.1) is 5.41 Å². The second kappa shape index (κ2) is 5.55. The average molecular weight is 173 g/mol. The minimum atomic E-state index is 0.526. The van der Waals surface area contributed by atoms with Gasteiger partial charge in [-0.2, -0.15) is 0 Å². The fraction of sp³-hybridized carbons (Fsp3) is 1.00. The lowest BCUT2D eigenvalue weighted by atomic mass is 10.1. The second-order valence-corrected chi connectivity index (χ2v) is 3.67. The lowest BCUT2D eigenvalue weighted by Crippen LogP contribution is -2.25. The standard InChI is InChI=1S/C8H17NO.C2H6/c1-9(2)6-8(4-5-8)7-10-3;1-2/h4-7H2,1-3H3;1-2H3. The van der Waals surface area contributed by atoms with Gasteiger partial charge in [-0.25, -0.2) is 0 Å². The van der Waals surface area contributed by atoms with Gasteiger partial charge >= 0.3 is 0 Å². The maximum atomic E-state index is 5.14. The molecule has 0 heterocycles. The van der Waals surface area contributed by atoms with Crippen molar-refractivity contribution in [3.8, 4) is 0 Å². The topological polar surface area (TPSA) is 12.5 Å². The summed E-state index contributed by atoms with van der Waals surface area (Å²) in [5, 5.41) is 0. The van der Waals surface area contributed by atoms with Gasteiger partial charge in [-0.3, -0.25) is 0 Å². The highest BCUT2D eigenvalue weighted by Gasteiger charge is 2.42. The van der Waals surface area contributed by atoms with E-state index in [-0.39, 0.29) is 0 Å². The van der Waals surface area contributed by atoms with Crippen LogP contribution >= 0.6 is 0 Å². The maximum absolute atomic E-state index is 5.14. The summed E-state index contributed by atoms with van der Waals surface area (Å²) in [6.45, 7) is 6.12. The van der Waals surface area contributed by atoms with Gasteiger partial charge in [0.25, 0.3) is 0 Å². The zero-order valence-corrected chi connectivity index (χ0v) is 9.18. The predicted octanol–water partition coefficient (Wildman–Crippen LogP) is 2.00. The van der Waals surface area contributed by atoms with Crippen LogP contribution in [0.15, 0.2) is 0 Å². The van der Waals surface area contributed by atoms with Crippen LogP contribution in [0.25, 0.3) is 0 Å². The largest absolute Gasteiger partial charge is 0.384 e. The molecule has 2 heteroatoms. The van der Waals surface area contributed by atoms with E-state index in [1.165, 1.54) is 19.4 Å².